The predicted octanol–water partition coefficient (Wildman–Crippen LogP) is 13.0. The summed E-state index contributed by atoms with van der Waals surface area (Å²) in [5, 5.41) is 0. The topological polar surface area (TPSA) is 21.7 Å². The zero-order chi connectivity index (χ0) is 32.7. The van der Waals surface area contributed by atoms with E-state index in [2.05, 4.69) is 81.5 Å². The molecule has 0 aromatic heterocycles. The first-order valence-corrected chi connectivity index (χ1v) is 19.6. The Bertz CT molecular complexity index is 666. The third-order valence-electron chi connectivity index (χ3n) is 8.39. The van der Waals surface area contributed by atoms with Crippen molar-refractivity contribution >= 4 is 0 Å². The predicted molar refractivity (Wildman–Crippen MR) is 202 cm³/mol. The molecule has 0 saturated carbocycles. The zero-order valence-electron chi connectivity index (χ0n) is 31.0. The van der Waals surface area contributed by atoms with E-state index in [1.165, 1.54) is 141 Å². The highest BCUT2D eigenvalue weighted by Crippen LogP contribution is 2.11. The fourth-order valence-corrected chi connectivity index (χ4v) is 5.36. The highest BCUT2D eigenvalue weighted by molar-refractivity contribution is 4.93. The van der Waals surface area contributed by atoms with Crippen molar-refractivity contribution in [1.82, 2.24) is 4.90 Å². The molecule has 0 saturated heterocycles. The van der Waals surface area contributed by atoms with Gasteiger partial charge in [0, 0.05) is 19.8 Å². The Labute approximate surface area is 283 Å². The Hall–Kier alpha value is -1.16. The van der Waals surface area contributed by atoms with E-state index in [1.54, 1.807) is 0 Å². The van der Waals surface area contributed by atoms with Crippen LogP contribution in [0.5, 0.6) is 0 Å². The fourth-order valence-electron chi connectivity index (χ4n) is 5.36. The summed E-state index contributed by atoms with van der Waals surface area (Å²) in [5.41, 5.74) is 0. The number of ether oxygens (including phenoxy) is 2. The molecule has 1 atom stereocenters. The van der Waals surface area contributed by atoms with Crippen molar-refractivity contribution in [3.8, 4) is 0 Å². The first-order chi connectivity index (χ1) is 22.2. The molecule has 3 heteroatoms. The van der Waals surface area contributed by atoms with E-state index in [-0.39, 0.29) is 6.10 Å². The maximum absolute atomic E-state index is 6.27. The van der Waals surface area contributed by atoms with Gasteiger partial charge in [0.2, 0.25) is 0 Å². The summed E-state index contributed by atoms with van der Waals surface area (Å²) in [6, 6.07) is 0. The average Bonchev–Trinajstić information content (AvgIpc) is 3.04. The molecule has 0 aliphatic rings. The SMILES string of the molecule is CCCCCC=CCC=CCCCCCCCCOCC(CCN(C)C)OCCCCCCCCC=CCC=CCCCCC. The summed E-state index contributed by atoms with van der Waals surface area (Å²) in [5.74, 6) is 0. The van der Waals surface area contributed by atoms with Gasteiger partial charge in [-0.05, 0) is 97.6 Å². The lowest BCUT2D eigenvalue weighted by molar-refractivity contribution is -0.0248. The van der Waals surface area contributed by atoms with Gasteiger partial charge in [0.1, 0.15) is 0 Å². The van der Waals surface area contributed by atoms with Crippen LogP contribution in [0.3, 0.4) is 0 Å². The summed E-state index contributed by atoms with van der Waals surface area (Å²) in [6.45, 7) is 8.09. The van der Waals surface area contributed by atoms with E-state index in [1.807, 2.05) is 0 Å². The lowest BCUT2D eigenvalue weighted by atomic mass is 10.1. The van der Waals surface area contributed by atoms with E-state index >= 15 is 0 Å². The van der Waals surface area contributed by atoms with Crippen molar-refractivity contribution in [3.63, 3.8) is 0 Å². The second-order valence-corrected chi connectivity index (χ2v) is 13.3. The van der Waals surface area contributed by atoms with Gasteiger partial charge < -0.3 is 14.4 Å². The fraction of sp³-hybridized carbons (Fsp3) is 0.810. The van der Waals surface area contributed by atoms with Gasteiger partial charge in [-0.1, -0.05) is 140 Å². The van der Waals surface area contributed by atoms with Crippen LogP contribution in [0, 0.1) is 0 Å². The van der Waals surface area contributed by atoms with E-state index < -0.39 is 0 Å². The summed E-state index contributed by atoms with van der Waals surface area (Å²) >= 11 is 0. The molecule has 0 fully saturated rings. The minimum absolute atomic E-state index is 0.231. The summed E-state index contributed by atoms with van der Waals surface area (Å²) < 4.78 is 12.3. The maximum Gasteiger partial charge on any atom is 0.0820 e. The Morgan fingerprint density at radius 3 is 1.31 bits per heavy atom. The van der Waals surface area contributed by atoms with E-state index in [9.17, 15) is 0 Å². The molecule has 3 nitrogen and oxygen atoms in total. The number of rotatable bonds is 36. The smallest absolute Gasteiger partial charge is 0.0820 e. The highest BCUT2D eigenvalue weighted by Gasteiger charge is 2.10. The van der Waals surface area contributed by atoms with Crippen molar-refractivity contribution in [2.24, 2.45) is 0 Å². The molecule has 0 heterocycles. The quantitative estimate of drug-likeness (QED) is 0.0508. The largest absolute Gasteiger partial charge is 0.379 e. The summed E-state index contributed by atoms with van der Waals surface area (Å²) in [7, 11) is 4.29. The van der Waals surface area contributed by atoms with Crippen LogP contribution >= 0.6 is 0 Å². The van der Waals surface area contributed by atoms with Gasteiger partial charge in [0.05, 0.1) is 12.7 Å². The summed E-state index contributed by atoms with van der Waals surface area (Å²) in [6.07, 6.45) is 50.9. The molecule has 0 bridgehead atoms. The molecular formula is C42H79NO2. The molecule has 0 N–H and O–H groups in total. The Morgan fingerprint density at radius 1 is 0.467 bits per heavy atom. The zero-order valence-corrected chi connectivity index (χ0v) is 31.0. The van der Waals surface area contributed by atoms with Crippen molar-refractivity contribution in [3.05, 3.63) is 48.6 Å². The second-order valence-electron chi connectivity index (χ2n) is 13.3. The molecule has 0 aromatic carbocycles. The minimum atomic E-state index is 0.231. The first kappa shape index (κ1) is 43.8. The number of nitrogens with zero attached hydrogens (tertiary/aromatic N) is 1. The molecule has 0 aliphatic heterocycles. The van der Waals surface area contributed by atoms with Crippen molar-refractivity contribution in [2.45, 2.75) is 180 Å². The second kappa shape index (κ2) is 39.0. The van der Waals surface area contributed by atoms with Gasteiger partial charge in [0.15, 0.2) is 0 Å². The van der Waals surface area contributed by atoms with Gasteiger partial charge in [-0.25, -0.2) is 0 Å². The molecule has 0 aliphatic carbocycles. The van der Waals surface area contributed by atoms with Crippen molar-refractivity contribution < 1.29 is 9.47 Å². The lowest BCUT2D eigenvalue weighted by Crippen LogP contribution is -2.26. The van der Waals surface area contributed by atoms with Crippen LogP contribution < -0.4 is 0 Å². The molecule has 0 spiro atoms. The van der Waals surface area contributed by atoms with Gasteiger partial charge in [-0.2, -0.15) is 0 Å². The third-order valence-corrected chi connectivity index (χ3v) is 8.39. The number of allylic oxidation sites excluding steroid dienone is 8. The molecule has 45 heavy (non-hydrogen) atoms. The van der Waals surface area contributed by atoms with Crippen LogP contribution in [0.4, 0.5) is 0 Å². The van der Waals surface area contributed by atoms with Gasteiger partial charge >= 0.3 is 0 Å². The summed E-state index contributed by atoms with van der Waals surface area (Å²) in [4.78, 5) is 2.25. The van der Waals surface area contributed by atoms with E-state index in [4.69, 9.17) is 9.47 Å². The number of hydrogen-bond donors (Lipinski definition) is 0. The molecule has 0 rings (SSSR count). The molecule has 1 unspecified atom stereocenters. The molecule has 0 aromatic rings. The maximum atomic E-state index is 6.27. The van der Waals surface area contributed by atoms with Crippen LogP contribution in [0.15, 0.2) is 48.6 Å². The van der Waals surface area contributed by atoms with Gasteiger partial charge in [-0.15, -0.1) is 0 Å². The van der Waals surface area contributed by atoms with Crippen LogP contribution in [0.1, 0.15) is 174 Å². The number of unbranched alkanes of at least 4 members (excludes halogenated alkanes) is 18. The normalized spacial score (nSPS) is 13.2. The van der Waals surface area contributed by atoms with Crippen LogP contribution in [-0.4, -0.2) is 51.5 Å². The highest BCUT2D eigenvalue weighted by atomic mass is 16.5. The van der Waals surface area contributed by atoms with E-state index in [0.29, 0.717) is 0 Å². The third kappa shape index (κ3) is 38.9. The van der Waals surface area contributed by atoms with Crippen molar-refractivity contribution in [2.75, 3.05) is 40.5 Å². The molecule has 0 amide bonds. The standard InChI is InChI=1S/C42H79NO2/c1-5-7-9-11-13-15-17-19-21-23-25-27-29-31-33-35-39-44-41-42(37-38-43(3)4)45-40-36-34-32-30-28-26-24-22-20-18-16-14-12-10-8-6-2/h13-16,19-22,42H,5-12,17-18,23-41H2,1-4H3. The Balaban J connectivity index is 3.66. The molecule has 0 radical (unpaired) electrons. The van der Waals surface area contributed by atoms with Crippen molar-refractivity contribution in [1.29, 1.82) is 0 Å². The first-order valence-electron chi connectivity index (χ1n) is 19.6. The van der Waals surface area contributed by atoms with Crippen LogP contribution in [0.2, 0.25) is 0 Å². The van der Waals surface area contributed by atoms with Gasteiger partial charge in [0.25, 0.3) is 0 Å². The molecule has 264 valence electrons. The molecular weight excluding hydrogens is 550 g/mol. The monoisotopic (exact) mass is 630 g/mol. The average molecular weight is 630 g/mol. The minimum Gasteiger partial charge on any atom is -0.379 e. The Kier molecular flexibility index (Phi) is 38.0. The van der Waals surface area contributed by atoms with E-state index in [0.717, 1.165) is 45.6 Å². The lowest BCUT2D eigenvalue weighted by Gasteiger charge is -2.20. The van der Waals surface area contributed by atoms with Crippen LogP contribution in [0.25, 0.3) is 0 Å². The number of hydrogen-bond acceptors (Lipinski definition) is 3. The Morgan fingerprint density at radius 2 is 0.867 bits per heavy atom. The van der Waals surface area contributed by atoms with Gasteiger partial charge in [-0.3, -0.25) is 0 Å². The van der Waals surface area contributed by atoms with Crippen LogP contribution in [-0.2, 0) is 9.47 Å².